The van der Waals surface area contributed by atoms with E-state index in [9.17, 15) is 0 Å². The normalized spacial score (nSPS) is 11.7. The molecule has 11 heavy (non-hydrogen) atoms. The first-order chi connectivity index (χ1) is 5.20. The van der Waals surface area contributed by atoms with Gasteiger partial charge >= 0.3 is 0 Å². The van der Waals surface area contributed by atoms with E-state index in [4.69, 9.17) is 11.6 Å². The van der Waals surface area contributed by atoms with Crippen molar-refractivity contribution in [2.45, 2.75) is 27.7 Å². The van der Waals surface area contributed by atoms with Gasteiger partial charge in [0.15, 0.2) is 0 Å². The van der Waals surface area contributed by atoms with Crippen LogP contribution in [0.3, 0.4) is 0 Å². The second-order valence-corrected chi connectivity index (χ2v) is 1.96. The summed E-state index contributed by atoms with van der Waals surface area (Å²) in [6, 6.07) is 0. The van der Waals surface area contributed by atoms with Crippen LogP contribution in [0.15, 0.2) is 29.4 Å². The minimum atomic E-state index is 0.436. The average molecular weight is 174 g/mol. The molecule has 0 aromatic heterocycles. The summed E-state index contributed by atoms with van der Waals surface area (Å²) in [5, 5.41) is 0.436. The number of aliphatic imine (C=N–C) groups is 1. The van der Waals surface area contributed by atoms with Crippen LogP contribution < -0.4 is 0 Å². The highest BCUT2D eigenvalue weighted by Gasteiger charge is 1.83. The minimum absolute atomic E-state index is 0.436. The van der Waals surface area contributed by atoms with Crippen molar-refractivity contribution in [3.63, 3.8) is 0 Å². The Morgan fingerprint density at radius 1 is 1.45 bits per heavy atom. The summed E-state index contributed by atoms with van der Waals surface area (Å²) in [4.78, 5) is 3.94. The molecule has 0 heterocycles. The topological polar surface area (TPSA) is 12.4 Å². The molecule has 0 amide bonds. The van der Waals surface area contributed by atoms with Gasteiger partial charge in [0.05, 0.1) is 0 Å². The van der Waals surface area contributed by atoms with Crippen molar-refractivity contribution < 1.29 is 0 Å². The lowest BCUT2D eigenvalue weighted by Crippen LogP contribution is -1.77. The number of rotatable bonds is 2. The van der Waals surface area contributed by atoms with Gasteiger partial charge in [-0.3, -0.25) is 0 Å². The van der Waals surface area contributed by atoms with E-state index in [2.05, 4.69) is 11.6 Å². The predicted octanol–water partition coefficient (Wildman–Crippen LogP) is 3.76. The molecular formula is C9H16ClN. The highest BCUT2D eigenvalue weighted by atomic mass is 35.5. The molecule has 0 aliphatic carbocycles. The molecule has 0 N–H and O–H groups in total. The standard InChI is InChI=1S/C7H10ClN.C2H6/c1-4-6(3)9-7(8)5-2;1-2/h4-5H,2H2,1,3H3;1-2H3/b6-4-,9-7?;. The lowest BCUT2D eigenvalue weighted by atomic mass is 10.5. The second-order valence-electron chi connectivity index (χ2n) is 1.57. The van der Waals surface area contributed by atoms with Crippen molar-refractivity contribution in [3.8, 4) is 0 Å². The SMILES string of the molecule is C=CC(Cl)=N/C(C)=C\C.CC. The monoisotopic (exact) mass is 173 g/mol. The number of halogens is 1. The Morgan fingerprint density at radius 3 is 2.18 bits per heavy atom. The van der Waals surface area contributed by atoms with Gasteiger partial charge in [-0.25, -0.2) is 4.99 Å². The Morgan fingerprint density at radius 2 is 1.91 bits per heavy atom. The highest BCUT2D eigenvalue weighted by molar-refractivity contribution is 6.68. The molecule has 0 aromatic rings. The molecule has 0 aliphatic rings. The Kier molecular flexibility index (Phi) is 11.2. The first-order valence-corrected chi connectivity index (χ1v) is 4.08. The Labute approximate surface area is 74.5 Å². The summed E-state index contributed by atoms with van der Waals surface area (Å²) in [6.45, 7) is 11.2. The van der Waals surface area contributed by atoms with E-state index in [1.165, 1.54) is 6.08 Å². The molecule has 0 aliphatic heterocycles. The number of hydrogen-bond acceptors (Lipinski definition) is 1. The smallest absolute Gasteiger partial charge is 0.128 e. The molecule has 1 nitrogen and oxygen atoms in total. The van der Waals surface area contributed by atoms with Crippen molar-refractivity contribution in [1.82, 2.24) is 0 Å². The van der Waals surface area contributed by atoms with Crippen LogP contribution >= 0.6 is 11.6 Å². The van der Waals surface area contributed by atoms with Crippen LogP contribution in [0.5, 0.6) is 0 Å². The molecule has 0 unspecified atom stereocenters. The minimum Gasteiger partial charge on any atom is -0.242 e. The number of hydrogen-bond donors (Lipinski definition) is 0. The molecule has 0 fully saturated rings. The lowest BCUT2D eigenvalue weighted by Gasteiger charge is -1.88. The molecule has 0 rings (SSSR count). The molecule has 2 heteroatoms. The van der Waals surface area contributed by atoms with Crippen molar-refractivity contribution in [3.05, 3.63) is 24.4 Å². The second kappa shape index (κ2) is 9.44. The van der Waals surface area contributed by atoms with Crippen LogP contribution in [0.2, 0.25) is 0 Å². The maximum Gasteiger partial charge on any atom is 0.128 e. The van der Waals surface area contributed by atoms with Crippen LogP contribution in [0.4, 0.5) is 0 Å². The third-order valence-corrected chi connectivity index (χ3v) is 1.11. The van der Waals surface area contributed by atoms with Gasteiger partial charge in [-0.05, 0) is 19.9 Å². The van der Waals surface area contributed by atoms with Gasteiger partial charge in [0, 0.05) is 5.70 Å². The quantitative estimate of drug-likeness (QED) is 0.564. The van der Waals surface area contributed by atoms with Gasteiger partial charge in [-0.2, -0.15) is 0 Å². The summed E-state index contributed by atoms with van der Waals surface area (Å²) < 4.78 is 0. The lowest BCUT2D eigenvalue weighted by molar-refractivity contribution is 1.29. The molecule has 0 radical (unpaired) electrons. The molecule has 0 saturated carbocycles. The summed E-state index contributed by atoms with van der Waals surface area (Å²) in [5.41, 5.74) is 0.903. The molecule has 0 saturated heterocycles. The van der Waals surface area contributed by atoms with E-state index in [0.29, 0.717) is 5.17 Å². The molecule has 0 spiro atoms. The molecule has 0 atom stereocenters. The van der Waals surface area contributed by atoms with Crippen molar-refractivity contribution >= 4 is 16.8 Å². The highest BCUT2D eigenvalue weighted by Crippen LogP contribution is 1.97. The molecule has 0 bridgehead atoms. The zero-order chi connectivity index (χ0) is 9.28. The Hall–Kier alpha value is -0.560. The fourth-order valence-electron chi connectivity index (χ4n) is 0.279. The fraction of sp³-hybridized carbons (Fsp3) is 0.444. The van der Waals surface area contributed by atoms with E-state index in [1.807, 2.05) is 33.8 Å². The average Bonchev–Trinajstić information content (AvgIpc) is 2.07. The van der Waals surface area contributed by atoms with E-state index in [-0.39, 0.29) is 0 Å². The first kappa shape index (κ1) is 13.1. The first-order valence-electron chi connectivity index (χ1n) is 3.70. The molecule has 0 aromatic carbocycles. The van der Waals surface area contributed by atoms with Crippen molar-refractivity contribution in [1.29, 1.82) is 0 Å². The van der Waals surface area contributed by atoms with E-state index in [0.717, 1.165) is 5.70 Å². The largest absolute Gasteiger partial charge is 0.242 e. The van der Waals surface area contributed by atoms with Crippen LogP contribution in [0.25, 0.3) is 0 Å². The van der Waals surface area contributed by atoms with E-state index in [1.54, 1.807) is 0 Å². The van der Waals surface area contributed by atoms with E-state index >= 15 is 0 Å². The Balaban J connectivity index is 0. The molecule has 64 valence electrons. The number of nitrogens with zero attached hydrogens (tertiary/aromatic N) is 1. The van der Waals surface area contributed by atoms with Gasteiger partial charge in [-0.1, -0.05) is 38.1 Å². The third kappa shape index (κ3) is 9.44. The maximum atomic E-state index is 5.53. The zero-order valence-corrected chi connectivity index (χ0v) is 8.44. The Bertz CT molecular complexity index is 157. The predicted molar refractivity (Wildman–Crippen MR) is 54.3 cm³/mol. The van der Waals surface area contributed by atoms with Gasteiger partial charge in [-0.15, -0.1) is 0 Å². The van der Waals surface area contributed by atoms with Crippen LogP contribution in [0, 0.1) is 0 Å². The third-order valence-electron chi connectivity index (χ3n) is 0.869. The summed E-state index contributed by atoms with van der Waals surface area (Å²) >= 11 is 5.53. The summed E-state index contributed by atoms with van der Waals surface area (Å²) in [5.74, 6) is 0. The van der Waals surface area contributed by atoms with E-state index < -0.39 is 0 Å². The summed E-state index contributed by atoms with van der Waals surface area (Å²) in [7, 11) is 0. The number of allylic oxidation sites excluding steroid dienone is 3. The van der Waals surface area contributed by atoms with Gasteiger partial charge in [0.1, 0.15) is 5.17 Å². The fourth-order valence-corrected chi connectivity index (χ4v) is 0.412. The van der Waals surface area contributed by atoms with Crippen molar-refractivity contribution in [2.75, 3.05) is 0 Å². The maximum absolute atomic E-state index is 5.53. The van der Waals surface area contributed by atoms with Crippen LogP contribution in [-0.4, -0.2) is 5.17 Å². The van der Waals surface area contributed by atoms with Crippen LogP contribution in [-0.2, 0) is 0 Å². The van der Waals surface area contributed by atoms with Gasteiger partial charge in [0.25, 0.3) is 0 Å². The summed E-state index contributed by atoms with van der Waals surface area (Å²) in [6.07, 6.45) is 3.39. The van der Waals surface area contributed by atoms with Crippen molar-refractivity contribution in [2.24, 2.45) is 4.99 Å². The van der Waals surface area contributed by atoms with Gasteiger partial charge in [0.2, 0.25) is 0 Å². The van der Waals surface area contributed by atoms with Gasteiger partial charge < -0.3 is 0 Å². The zero-order valence-electron chi connectivity index (χ0n) is 7.69. The molecular weight excluding hydrogens is 158 g/mol. The van der Waals surface area contributed by atoms with Crippen LogP contribution in [0.1, 0.15) is 27.7 Å².